The molecular weight excluding hydrogens is 200 g/mol. The molecule has 0 aliphatic carbocycles. The van der Waals surface area contributed by atoms with Crippen molar-refractivity contribution in [1.82, 2.24) is 15.3 Å². The lowest BCUT2D eigenvalue weighted by molar-refractivity contribution is 0.385. The summed E-state index contributed by atoms with van der Waals surface area (Å²) in [6.45, 7) is 6.60. The van der Waals surface area contributed by atoms with Gasteiger partial charge in [0, 0.05) is 25.5 Å². The Kier molecular flexibility index (Phi) is 4.10. The van der Waals surface area contributed by atoms with Gasteiger partial charge in [-0.2, -0.15) is 0 Å². The first-order chi connectivity index (χ1) is 7.90. The third-order valence-corrected chi connectivity index (χ3v) is 3.17. The van der Waals surface area contributed by atoms with E-state index in [0.717, 1.165) is 37.9 Å². The molecule has 1 N–H and O–H groups in total. The van der Waals surface area contributed by atoms with Gasteiger partial charge in [0.15, 0.2) is 0 Å². The van der Waals surface area contributed by atoms with Gasteiger partial charge in [0.1, 0.15) is 5.82 Å². The highest BCUT2D eigenvalue weighted by molar-refractivity contribution is 5.35. The molecule has 2 rings (SSSR count). The predicted octanol–water partition coefficient (Wildman–Crippen LogP) is 1.30. The van der Waals surface area contributed by atoms with Crippen LogP contribution < -0.4 is 10.2 Å². The van der Waals surface area contributed by atoms with Crippen molar-refractivity contribution >= 4 is 5.82 Å². The van der Waals surface area contributed by atoms with Crippen LogP contribution in [-0.4, -0.2) is 36.1 Å². The molecule has 4 nitrogen and oxygen atoms in total. The van der Waals surface area contributed by atoms with Crippen LogP contribution in [0.25, 0.3) is 0 Å². The first-order valence-corrected chi connectivity index (χ1v) is 6.12. The van der Waals surface area contributed by atoms with Crippen molar-refractivity contribution in [2.45, 2.75) is 19.8 Å². The Balaban J connectivity index is 1.81. The van der Waals surface area contributed by atoms with Gasteiger partial charge in [-0.1, -0.05) is 6.92 Å². The van der Waals surface area contributed by atoms with E-state index in [1.54, 1.807) is 12.4 Å². The third kappa shape index (κ3) is 2.92. The summed E-state index contributed by atoms with van der Waals surface area (Å²) in [7, 11) is 0. The van der Waals surface area contributed by atoms with E-state index in [1.807, 2.05) is 6.20 Å². The summed E-state index contributed by atoms with van der Waals surface area (Å²) in [6, 6.07) is 0. The van der Waals surface area contributed by atoms with Gasteiger partial charge in [-0.25, -0.2) is 4.98 Å². The molecule has 0 radical (unpaired) electrons. The second kappa shape index (κ2) is 5.80. The summed E-state index contributed by atoms with van der Waals surface area (Å²) in [5, 5.41) is 3.43. The molecule has 16 heavy (non-hydrogen) atoms. The second-order valence-electron chi connectivity index (χ2n) is 4.30. The van der Waals surface area contributed by atoms with Gasteiger partial charge in [0.05, 0.1) is 6.20 Å². The molecule has 4 heteroatoms. The summed E-state index contributed by atoms with van der Waals surface area (Å²) in [4.78, 5) is 10.8. The highest BCUT2D eigenvalue weighted by atomic mass is 15.2. The van der Waals surface area contributed by atoms with Gasteiger partial charge >= 0.3 is 0 Å². The lowest BCUT2D eigenvalue weighted by Gasteiger charge is -2.32. The van der Waals surface area contributed by atoms with Crippen molar-refractivity contribution in [3.8, 4) is 0 Å². The molecule has 0 bridgehead atoms. The molecule has 1 aromatic heterocycles. The Labute approximate surface area is 97.1 Å². The summed E-state index contributed by atoms with van der Waals surface area (Å²) in [6.07, 6.45) is 7.85. The van der Waals surface area contributed by atoms with Crippen molar-refractivity contribution in [1.29, 1.82) is 0 Å². The Morgan fingerprint density at radius 2 is 2.19 bits per heavy atom. The zero-order valence-electron chi connectivity index (χ0n) is 9.89. The normalized spacial score (nSPS) is 17.7. The molecule has 1 aromatic rings. The number of rotatable bonds is 4. The van der Waals surface area contributed by atoms with E-state index in [2.05, 4.69) is 27.1 Å². The first-order valence-electron chi connectivity index (χ1n) is 6.12. The molecular formula is C12H20N4. The van der Waals surface area contributed by atoms with Crippen molar-refractivity contribution in [3.63, 3.8) is 0 Å². The topological polar surface area (TPSA) is 41.0 Å². The van der Waals surface area contributed by atoms with E-state index in [9.17, 15) is 0 Å². The molecule has 0 amide bonds. The molecule has 0 unspecified atom stereocenters. The zero-order chi connectivity index (χ0) is 11.2. The highest BCUT2D eigenvalue weighted by Gasteiger charge is 2.19. The number of hydrogen-bond acceptors (Lipinski definition) is 4. The van der Waals surface area contributed by atoms with E-state index >= 15 is 0 Å². The van der Waals surface area contributed by atoms with Crippen LogP contribution in [0.5, 0.6) is 0 Å². The number of piperidine rings is 1. The van der Waals surface area contributed by atoms with Crippen LogP contribution >= 0.6 is 0 Å². The summed E-state index contributed by atoms with van der Waals surface area (Å²) in [5.41, 5.74) is 0. The smallest absolute Gasteiger partial charge is 0.147 e. The number of nitrogens with zero attached hydrogens (tertiary/aromatic N) is 3. The summed E-state index contributed by atoms with van der Waals surface area (Å²) < 4.78 is 0. The number of anilines is 1. The van der Waals surface area contributed by atoms with E-state index < -0.39 is 0 Å². The fourth-order valence-electron chi connectivity index (χ4n) is 2.17. The molecule has 1 saturated heterocycles. The van der Waals surface area contributed by atoms with Crippen molar-refractivity contribution in [2.75, 3.05) is 31.1 Å². The van der Waals surface area contributed by atoms with Crippen LogP contribution in [0.15, 0.2) is 18.6 Å². The number of hydrogen-bond donors (Lipinski definition) is 1. The van der Waals surface area contributed by atoms with Gasteiger partial charge in [0.25, 0.3) is 0 Å². The van der Waals surface area contributed by atoms with E-state index in [1.165, 1.54) is 12.8 Å². The number of nitrogens with one attached hydrogen (secondary N) is 1. The van der Waals surface area contributed by atoms with E-state index in [4.69, 9.17) is 0 Å². The van der Waals surface area contributed by atoms with Crippen molar-refractivity contribution in [3.05, 3.63) is 18.6 Å². The van der Waals surface area contributed by atoms with Crippen LogP contribution in [0.4, 0.5) is 5.82 Å². The van der Waals surface area contributed by atoms with Crippen LogP contribution in [0.2, 0.25) is 0 Å². The fourth-order valence-corrected chi connectivity index (χ4v) is 2.17. The van der Waals surface area contributed by atoms with Gasteiger partial charge in [-0.3, -0.25) is 4.98 Å². The monoisotopic (exact) mass is 220 g/mol. The van der Waals surface area contributed by atoms with Crippen LogP contribution in [0, 0.1) is 5.92 Å². The van der Waals surface area contributed by atoms with Crippen LogP contribution in [0.3, 0.4) is 0 Å². The minimum Gasteiger partial charge on any atom is -0.355 e. The number of aromatic nitrogens is 2. The lowest BCUT2D eigenvalue weighted by atomic mass is 9.97. The average Bonchev–Trinajstić information content (AvgIpc) is 2.38. The largest absolute Gasteiger partial charge is 0.355 e. The second-order valence-corrected chi connectivity index (χ2v) is 4.30. The van der Waals surface area contributed by atoms with Gasteiger partial charge < -0.3 is 10.2 Å². The van der Waals surface area contributed by atoms with Gasteiger partial charge in [-0.15, -0.1) is 0 Å². The maximum atomic E-state index is 4.34. The Bertz CT molecular complexity index is 293. The maximum absolute atomic E-state index is 4.34. The molecule has 1 aliphatic heterocycles. The summed E-state index contributed by atoms with van der Waals surface area (Å²) >= 11 is 0. The Morgan fingerprint density at radius 1 is 1.38 bits per heavy atom. The third-order valence-electron chi connectivity index (χ3n) is 3.17. The molecule has 0 aromatic carbocycles. The molecule has 2 heterocycles. The van der Waals surface area contributed by atoms with E-state index in [-0.39, 0.29) is 0 Å². The fraction of sp³-hybridized carbons (Fsp3) is 0.667. The predicted molar refractivity (Wildman–Crippen MR) is 65.5 cm³/mol. The maximum Gasteiger partial charge on any atom is 0.147 e. The molecule has 0 spiro atoms. The van der Waals surface area contributed by atoms with Gasteiger partial charge in [0.2, 0.25) is 0 Å². The Morgan fingerprint density at radius 3 is 2.81 bits per heavy atom. The average molecular weight is 220 g/mol. The molecule has 1 fully saturated rings. The zero-order valence-corrected chi connectivity index (χ0v) is 9.89. The van der Waals surface area contributed by atoms with Crippen LogP contribution in [-0.2, 0) is 0 Å². The summed E-state index contributed by atoms with van der Waals surface area (Å²) in [5.74, 6) is 1.84. The molecule has 0 saturated carbocycles. The highest BCUT2D eigenvalue weighted by Crippen LogP contribution is 2.20. The standard InChI is InChI=1S/C12H20N4/c1-2-13-9-11-3-7-16(8-4-11)12-10-14-5-6-15-12/h5-6,10-11,13H,2-4,7-9H2,1H3. The first kappa shape index (κ1) is 11.3. The van der Waals surface area contributed by atoms with Crippen molar-refractivity contribution < 1.29 is 0 Å². The Hall–Kier alpha value is -1.16. The minimum absolute atomic E-state index is 0.827. The molecule has 0 atom stereocenters. The molecule has 88 valence electrons. The van der Waals surface area contributed by atoms with Crippen molar-refractivity contribution in [2.24, 2.45) is 5.92 Å². The quantitative estimate of drug-likeness (QED) is 0.830. The van der Waals surface area contributed by atoms with Gasteiger partial charge in [-0.05, 0) is 31.8 Å². The molecule has 1 aliphatic rings. The van der Waals surface area contributed by atoms with Crippen LogP contribution in [0.1, 0.15) is 19.8 Å². The van der Waals surface area contributed by atoms with E-state index in [0.29, 0.717) is 0 Å². The SMILES string of the molecule is CCNCC1CCN(c2cnccn2)CC1. The lowest BCUT2D eigenvalue weighted by Crippen LogP contribution is -2.37. The minimum atomic E-state index is 0.827.